The van der Waals surface area contributed by atoms with Gasteiger partial charge in [0.05, 0.1) is 5.69 Å². The Morgan fingerprint density at radius 3 is 1.87 bits per heavy atom. The molecule has 5 aromatic carbocycles. The molecule has 2 aliphatic carbocycles. The van der Waals surface area contributed by atoms with Gasteiger partial charge in [0.15, 0.2) is 0 Å². The molecule has 0 spiro atoms. The van der Waals surface area contributed by atoms with Crippen LogP contribution >= 0.6 is 0 Å². The first-order valence-corrected chi connectivity index (χ1v) is 20.3. The minimum atomic E-state index is -0.116. The third kappa shape index (κ3) is 5.77. The van der Waals surface area contributed by atoms with E-state index in [0.717, 1.165) is 12.8 Å². The Morgan fingerprint density at radius 2 is 1.24 bits per heavy atom. The molecule has 5 aromatic rings. The van der Waals surface area contributed by atoms with Crippen LogP contribution in [-0.4, -0.2) is 6.71 Å². The van der Waals surface area contributed by atoms with Crippen LogP contribution in [0.3, 0.4) is 0 Å². The van der Waals surface area contributed by atoms with Crippen LogP contribution in [0.1, 0.15) is 84.9 Å². The number of hydrogen-bond donors (Lipinski definition) is 0. The predicted octanol–water partition coefficient (Wildman–Crippen LogP) is 12.4. The Labute approximate surface area is 329 Å². The second kappa shape index (κ2) is 12.9. The van der Waals surface area contributed by atoms with Crippen molar-refractivity contribution in [1.82, 2.24) is 0 Å². The van der Waals surface area contributed by atoms with Crippen molar-refractivity contribution in [2.45, 2.75) is 84.5 Å². The number of rotatable bonds is 4. The van der Waals surface area contributed by atoms with Gasteiger partial charge in [0, 0.05) is 39.4 Å². The van der Waals surface area contributed by atoms with Gasteiger partial charge in [-0.3, -0.25) is 0 Å². The minimum Gasteiger partial charge on any atom is -0.315 e. The van der Waals surface area contributed by atoms with Crippen LogP contribution in [0.25, 0.3) is 11.1 Å². The van der Waals surface area contributed by atoms with Gasteiger partial charge in [0.2, 0.25) is 0 Å². The summed E-state index contributed by atoms with van der Waals surface area (Å²) in [7, 11) is 0. The van der Waals surface area contributed by atoms with Crippen molar-refractivity contribution in [2.75, 3.05) is 9.80 Å². The highest BCUT2D eigenvalue weighted by molar-refractivity contribution is 6.94. The van der Waals surface area contributed by atoms with Gasteiger partial charge in [-0.2, -0.15) is 0 Å². The predicted molar refractivity (Wildman–Crippen MR) is 237 cm³/mol. The van der Waals surface area contributed by atoms with E-state index in [-0.39, 0.29) is 23.0 Å². The van der Waals surface area contributed by atoms with E-state index < -0.39 is 0 Å². The molecule has 4 aliphatic rings. The molecular weight excluding hydrogens is 663 g/mol. The van der Waals surface area contributed by atoms with Crippen LogP contribution in [0, 0.1) is 5.92 Å². The monoisotopic (exact) mass is 716 g/mol. The Hall–Kier alpha value is -5.28. The lowest BCUT2D eigenvalue weighted by atomic mass is 9.31. The average molecular weight is 717 g/mol. The van der Waals surface area contributed by atoms with E-state index in [1.54, 1.807) is 0 Å². The van der Waals surface area contributed by atoms with Crippen molar-refractivity contribution < 1.29 is 0 Å². The summed E-state index contributed by atoms with van der Waals surface area (Å²) in [5.74, 6) is 0.317. The van der Waals surface area contributed by atoms with Gasteiger partial charge in [0.25, 0.3) is 6.71 Å². The van der Waals surface area contributed by atoms with E-state index in [2.05, 4.69) is 211 Å². The van der Waals surface area contributed by atoms with Crippen LogP contribution in [0.4, 0.5) is 22.7 Å². The highest BCUT2D eigenvalue weighted by atomic mass is 15.2. The maximum Gasteiger partial charge on any atom is 0.251 e. The van der Waals surface area contributed by atoms with Crippen molar-refractivity contribution in [3.8, 4) is 11.1 Å². The number of anilines is 4. The van der Waals surface area contributed by atoms with Crippen LogP contribution in [-0.2, 0) is 16.2 Å². The van der Waals surface area contributed by atoms with Crippen LogP contribution in [0.5, 0.6) is 0 Å². The lowest BCUT2D eigenvalue weighted by Crippen LogP contribution is -2.58. The molecule has 2 heterocycles. The fraction of sp³-hybridized carbons (Fsp3) is 0.269. The first-order valence-electron chi connectivity index (χ1n) is 20.3. The standard InChI is InChI=1S/C52H53BN2/c1-35-25-30-45-48-49(35)55(44-24-16-14-22-40(44)52(8)31-17-10-18-32-52)47-34-38(51(5,6)7)27-29-42(47)53(48)41-28-26-37(50(2,3)4)33-46(41)54(45)43-23-15-13-21-39(43)36-19-11-9-12-20-36/h9-24,26-31,33-35H,25,32H2,1-8H3. The molecule has 274 valence electrons. The molecule has 0 aromatic heterocycles. The van der Waals surface area contributed by atoms with Crippen LogP contribution in [0.2, 0.25) is 0 Å². The third-order valence-corrected chi connectivity index (χ3v) is 12.6. The summed E-state index contributed by atoms with van der Waals surface area (Å²) in [5.41, 5.74) is 18.5. The molecule has 0 N–H and O–H groups in total. The summed E-state index contributed by atoms with van der Waals surface area (Å²) in [6.45, 7) is 19.0. The number of allylic oxidation sites excluding steroid dienone is 7. The number of benzene rings is 5. The van der Waals surface area contributed by atoms with Crippen LogP contribution < -0.4 is 20.7 Å². The quantitative estimate of drug-likeness (QED) is 0.171. The lowest BCUT2D eigenvalue weighted by molar-refractivity contribution is 0.589. The van der Waals surface area contributed by atoms with E-state index in [9.17, 15) is 0 Å². The smallest absolute Gasteiger partial charge is 0.251 e. The maximum atomic E-state index is 2.70. The molecule has 0 saturated heterocycles. The van der Waals surface area contributed by atoms with Crippen molar-refractivity contribution >= 4 is 40.4 Å². The van der Waals surface area contributed by atoms with E-state index in [1.807, 2.05) is 0 Å². The molecule has 9 rings (SSSR count). The second-order valence-electron chi connectivity index (χ2n) is 18.5. The largest absolute Gasteiger partial charge is 0.315 e. The molecule has 2 nitrogen and oxygen atoms in total. The van der Waals surface area contributed by atoms with Crippen molar-refractivity contribution in [2.24, 2.45) is 5.92 Å². The molecule has 55 heavy (non-hydrogen) atoms. The van der Waals surface area contributed by atoms with Crippen molar-refractivity contribution in [1.29, 1.82) is 0 Å². The maximum absolute atomic E-state index is 2.70. The second-order valence-corrected chi connectivity index (χ2v) is 18.5. The highest BCUT2D eigenvalue weighted by Gasteiger charge is 2.48. The van der Waals surface area contributed by atoms with E-state index in [4.69, 9.17) is 0 Å². The van der Waals surface area contributed by atoms with Gasteiger partial charge in [-0.05, 0) is 92.5 Å². The molecule has 2 unspecified atom stereocenters. The number of para-hydroxylation sites is 2. The van der Waals surface area contributed by atoms with E-state index in [1.165, 1.54) is 78.4 Å². The van der Waals surface area contributed by atoms with Crippen molar-refractivity contribution in [3.63, 3.8) is 0 Å². The SMILES string of the molecule is CC1CC=C2C3=C1N(c1ccccc1C1(C)C=CC=CC1)c1cc(C(C)(C)C)ccc1B3c1ccc(C(C)(C)C)cc1N2c1ccccc1-c1ccccc1. The fourth-order valence-corrected chi connectivity index (χ4v) is 9.52. The molecule has 0 amide bonds. The Morgan fingerprint density at radius 1 is 0.636 bits per heavy atom. The van der Waals surface area contributed by atoms with Gasteiger partial charge < -0.3 is 9.80 Å². The van der Waals surface area contributed by atoms with Gasteiger partial charge in [-0.15, -0.1) is 0 Å². The summed E-state index contributed by atoms with van der Waals surface area (Å²) in [4.78, 5) is 5.33. The van der Waals surface area contributed by atoms with Gasteiger partial charge >= 0.3 is 0 Å². The van der Waals surface area contributed by atoms with Crippen molar-refractivity contribution in [3.05, 3.63) is 179 Å². The van der Waals surface area contributed by atoms with Gasteiger partial charge in [-0.1, -0.05) is 177 Å². The first-order chi connectivity index (χ1) is 26.3. The summed E-state index contributed by atoms with van der Waals surface area (Å²) in [5, 5.41) is 0. The zero-order valence-corrected chi connectivity index (χ0v) is 33.8. The van der Waals surface area contributed by atoms with Gasteiger partial charge in [-0.25, -0.2) is 0 Å². The molecule has 2 aliphatic heterocycles. The molecular formula is C52H53BN2. The average Bonchev–Trinajstić information content (AvgIpc) is 3.18. The number of hydrogen-bond acceptors (Lipinski definition) is 2. The zero-order chi connectivity index (χ0) is 38.3. The molecule has 0 saturated carbocycles. The summed E-state index contributed by atoms with van der Waals surface area (Å²) < 4.78 is 0. The third-order valence-electron chi connectivity index (χ3n) is 12.6. The fourth-order valence-electron chi connectivity index (χ4n) is 9.52. The summed E-state index contributed by atoms with van der Waals surface area (Å²) >= 11 is 0. The molecule has 0 fully saturated rings. The zero-order valence-electron chi connectivity index (χ0n) is 33.8. The van der Waals surface area contributed by atoms with Gasteiger partial charge in [0.1, 0.15) is 0 Å². The Balaban J connectivity index is 1.38. The van der Waals surface area contributed by atoms with E-state index in [0.29, 0.717) is 5.92 Å². The van der Waals surface area contributed by atoms with Crippen LogP contribution in [0.15, 0.2) is 163 Å². The highest BCUT2D eigenvalue weighted by Crippen LogP contribution is 2.53. The van der Waals surface area contributed by atoms with E-state index >= 15 is 0 Å². The lowest BCUT2D eigenvalue weighted by Gasteiger charge is -2.50. The molecule has 0 bridgehead atoms. The normalized spacial score (nSPS) is 20.3. The topological polar surface area (TPSA) is 6.48 Å². The molecule has 3 heteroatoms. The molecule has 0 radical (unpaired) electrons. The Bertz CT molecular complexity index is 2450. The summed E-state index contributed by atoms with van der Waals surface area (Å²) in [6, 6.07) is 43.9. The molecule has 2 atom stereocenters. The number of fused-ring (bicyclic) bond motifs is 4. The Kier molecular flexibility index (Phi) is 8.31. The first kappa shape index (κ1) is 35.4. The minimum absolute atomic E-state index is 0.00183. The summed E-state index contributed by atoms with van der Waals surface area (Å²) in [6.07, 6.45) is 13.7. The number of nitrogens with zero attached hydrogens (tertiary/aromatic N) is 2.